The molecule has 10 heteroatoms. The molecule has 0 aliphatic carbocycles. The van der Waals surface area contributed by atoms with E-state index in [1.807, 2.05) is 19.9 Å². The van der Waals surface area contributed by atoms with E-state index < -0.39 is 11.5 Å². The normalized spacial score (nSPS) is 11.3. The van der Waals surface area contributed by atoms with Gasteiger partial charge < -0.3 is 25.9 Å². The van der Waals surface area contributed by atoms with Crippen LogP contribution in [0, 0.1) is 0 Å². The van der Waals surface area contributed by atoms with Crippen molar-refractivity contribution in [3.05, 3.63) is 41.3 Å². The van der Waals surface area contributed by atoms with Crippen molar-refractivity contribution >= 4 is 23.6 Å². The van der Waals surface area contributed by atoms with Gasteiger partial charge in [-0.2, -0.15) is 0 Å². The van der Waals surface area contributed by atoms with Crippen molar-refractivity contribution in [1.82, 2.24) is 25.3 Å². The zero-order chi connectivity index (χ0) is 21.2. The molecule has 3 rings (SSSR count). The van der Waals surface area contributed by atoms with Gasteiger partial charge in [-0.1, -0.05) is 31.5 Å². The Morgan fingerprint density at radius 1 is 1.34 bits per heavy atom. The van der Waals surface area contributed by atoms with Gasteiger partial charge in [0.05, 0.1) is 29.2 Å². The monoisotopic (exact) mass is 416 g/mol. The van der Waals surface area contributed by atoms with Crippen molar-refractivity contribution in [1.29, 1.82) is 0 Å². The van der Waals surface area contributed by atoms with Crippen LogP contribution in [0.2, 0.25) is 5.02 Å². The van der Waals surface area contributed by atoms with E-state index in [-0.39, 0.29) is 12.5 Å². The average Bonchev–Trinajstić information content (AvgIpc) is 3.13. The molecule has 0 unspecified atom stereocenters. The fourth-order valence-electron chi connectivity index (χ4n) is 2.79. The van der Waals surface area contributed by atoms with Gasteiger partial charge in [-0.05, 0) is 18.2 Å². The minimum absolute atomic E-state index is 0.130. The summed E-state index contributed by atoms with van der Waals surface area (Å²) in [6.45, 7) is 3.93. The van der Waals surface area contributed by atoms with Gasteiger partial charge in [0.1, 0.15) is 11.6 Å². The maximum Gasteiger partial charge on any atom is 0.404 e. The number of benzene rings is 1. The number of nitrogens with zero attached hydrogens (tertiary/aromatic N) is 3. The number of anilines is 1. The maximum absolute atomic E-state index is 10.9. The van der Waals surface area contributed by atoms with E-state index in [0.717, 1.165) is 5.56 Å². The summed E-state index contributed by atoms with van der Waals surface area (Å²) in [6.07, 6.45) is 0.456. The lowest BCUT2D eigenvalue weighted by Crippen LogP contribution is -2.36. The number of nitrogens with one attached hydrogen (secondary N) is 2. The predicted molar refractivity (Wildman–Crippen MR) is 110 cm³/mol. The van der Waals surface area contributed by atoms with Crippen molar-refractivity contribution in [3.63, 3.8) is 0 Å². The highest BCUT2D eigenvalue weighted by molar-refractivity contribution is 6.32. The molecule has 1 amide bonds. The molecule has 0 radical (unpaired) electrons. The van der Waals surface area contributed by atoms with Gasteiger partial charge in [0.25, 0.3) is 0 Å². The first-order valence-electron chi connectivity index (χ1n) is 8.71. The van der Waals surface area contributed by atoms with Gasteiger partial charge in [0, 0.05) is 23.7 Å². The number of nitrogen functional groups attached to an aromatic ring is 1. The molecule has 9 nitrogen and oxygen atoms in total. The van der Waals surface area contributed by atoms with Crippen molar-refractivity contribution in [2.45, 2.75) is 19.3 Å². The van der Waals surface area contributed by atoms with Crippen LogP contribution in [0.15, 0.2) is 30.5 Å². The number of ether oxygens (including phenoxy) is 1. The molecule has 0 fully saturated rings. The molecule has 152 valence electrons. The molecule has 0 aliphatic heterocycles. The van der Waals surface area contributed by atoms with E-state index in [1.54, 1.807) is 24.4 Å². The van der Waals surface area contributed by atoms with Crippen LogP contribution in [-0.4, -0.2) is 44.8 Å². The Bertz CT molecular complexity index is 1050. The number of H-pyrrole nitrogens is 1. The van der Waals surface area contributed by atoms with Gasteiger partial charge in [0.2, 0.25) is 5.95 Å². The summed E-state index contributed by atoms with van der Waals surface area (Å²) in [4.78, 5) is 27.2. The second-order valence-electron chi connectivity index (χ2n) is 7.00. The van der Waals surface area contributed by atoms with E-state index in [2.05, 4.69) is 20.3 Å². The van der Waals surface area contributed by atoms with Crippen molar-refractivity contribution in [2.24, 2.45) is 0 Å². The van der Waals surface area contributed by atoms with Crippen molar-refractivity contribution in [2.75, 3.05) is 19.4 Å². The topological polar surface area (TPSA) is 139 Å². The third-order valence-electron chi connectivity index (χ3n) is 4.38. The highest BCUT2D eigenvalue weighted by atomic mass is 35.5. The van der Waals surface area contributed by atoms with Gasteiger partial charge in [-0.25, -0.2) is 19.7 Å². The number of aromatic nitrogens is 4. The molecule has 2 heterocycles. The number of carbonyl (C=O) groups is 1. The summed E-state index contributed by atoms with van der Waals surface area (Å²) in [5.41, 5.74) is 7.69. The van der Waals surface area contributed by atoms with Gasteiger partial charge in [0.15, 0.2) is 0 Å². The van der Waals surface area contributed by atoms with E-state index in [0.29, 0.717) is 33.7 Å². The summed E-state index contributed by atoms with van der Waals surface area (Å²) in [5.74, 6) is 1.22. The van der Waals surface area contributed by atoms with Crippen molar-refractivity contribution in [3.8, 4) is 28.4 Å². The summed E-state index contributed by atoms with van der Waals surface area (Å²) < 4.78 is 5.32. The fourth-order valence-corrected chi connectivity index (χ4v) is 2.98. The Balaban J connectivity index is 2.15. The van der Waals surface area contributed by atoms with Gasteiger partial charge in [-0.3, -0.25) is 0 Å². The third-order valence-corrected chi connectivity index (χ3v) is 4.69. The zero-order valence-electron chi connectivity index (χ0n) is 16.2. The Hall–Kier alpha value is -3.33. The maximum atomic E-state index is 10.9. The summed E-state index contributed by atoms with van der Waals surface area (Å²) in [7, 11) is 1.54. The molecular weight excluding hydrogens is 396 g/mol. The van der Waals surface area contributed by atoms with Gasteiger partial charge >= 0.3 is 6.09 Å². The van der Waals surface area contributed by atoms with Crippen LogP contribution >= 0.6 is 11.6 Å². The van der Waals surface area contributed by atoms with Crippen LogP contribution in [0.25, 0.3) is 22.6 Å². The Morgan fingerprint density at radius 3 is 2.76 bits per heavy atom. The summed E-state index contributed by atoms with van der Waals surface area (Å²) >= 11 is 6.16. The number of halogens is 1. The van der Waals surface area contributed by atoms with Crippen LogP contribution in [0.5, 0.6) is 5.75 Å². The summed E-state index contributed by atoms with van der Waals surface area (Å²) in [5, 5.41) is 11.8. The van der Waals surface area contributed by atoms with Crippen LogP contribution in [0.3, 0.4) is 0 Å². The molecule has 0 saturated carbocycles. The molecule has 29 heavy (non-hydrogen) atoms. The zero-order valence-corrected chi connectivity index (χ0v) is 16.9. The highest BCUT2D eigenvalue weighted by Gasteiger charge is 2.28. The molecule has 2 aromatic heterocycles. The molecule has 5 N–H and O–H groups in total. The largest absolute Gasteiger partial charge is 0.495 e. The molecule has 0 atom stereocenters. The second kappa shape index (κ2) is 7.96. The smallest absolute Gasteiger partial charge is 0.404 e. The number of hydrogen-bond donors (Lipinski definition) is 4. The number of imidazole rings is 1. The molecule has 0 saturated heterocycles. The number of hydrogen-bond acceptors (Lipinski definition) is 6. The van der Waals surface area contributed by atoms with Gasteiger partial charge in [-0.15, -0.1) is 0 Å². The fraction of sp³-hybridized carbons (Fsp3) is 0.263. The van der Waals surface area contributed by atoms with Crippen molar-refractivity contribution < 1.29 is 14.6 Å². The average molecular weight is 417 g/mol. The SMILES string of the molecule is COc1cc(-c2nc(C(C)(C)CNC(=O)O)[nH]c2-c2ccnc(N)n2)ccc1Cl. The first kappa shape index (κ1) is 20.4. The van der Waals surface area contributed by atoms with E-state index in [9.17, 15) is 4.79 Å². The molecule has 1 aromatic carbocycles. The Labute approximate surface area is 172 Å². The Morgan fingerprint density at radius 2 is 2.10 bits per heavy atom. The minimum atomic E-state index is -1.10. The predicted octanol–water partition coefficient (Wildman–Crippen LogP) is 3.32. The lowest BCUT2D eigenvalue weighted by atomic mass is 9.92. The quantitative estimate of drug-likeness (QED) is 0.483. The van der Waals surface area contributed by atoms with E-state index >= 15 is 0 Å². The summed E-state index contributed by atoms with van der Waals surface area (Å²) in [6, 6.07) is 7.03. The third kappa shape index (κ3) is 4.40. The van der Waals surface area contributed by atoms with Crippen LogP contribution in [0.1, 0.15) is 19.7 Å². The first-order chi connectivity index (χ1) is 13.7. The minimum Gasteiger partial charge on any atom is -0.495 e. The van der Waals surface area contributed by atoms with E-state index in [1.165, 1.54) is 7.11 Å². The molecule has 0 aliphatic rings. The number of rotatable bonds is 6. The van der Waals surface area contributed by atoms with E-state index in [4.69, 9.17) is 32.2 Å². The Kier molecular flexibility index (Phi) is 5.60. The highest BCUT2D eigenvalue weighted by Crippen LogP contribution is 2.36. The van der Waals surface area contributed by atoms with Crippen LogP contribution in [0.4, 0.5) is 10.7 Å². The molecule has 3 aromatic rings. The van der Waals surface area contributed by atoms with Crippen LogP contribution < -0.4 is 15.8 Å². The first-order valence-corrected chi connectivity index (χ1v) is 9.09. The molecule has 0 bridgehead atoms. The second-order valence-corrected chi connectivity index (χ2v) is 7.41. The standard InChI is InChI=1S/C19H21ClN6O3/c1-19(2,9-23-18(27)28)16-25-14(10-4-5-11(20)13(8-10)29-3)15(26-16)12-6-7-22-17(21)24-12/h4-8,23H,9H2,1-3H3,(H,25,26)(H,27,28)(H2,21,22,24). The number of aromatic amines is 1. The lowest BCUT2D eigenvalue weighted by Gasteiger charge is -2.21. The van der Waals surface area contributed by atoms with Crippen LogP contribution in [-0.2, 0) is 5.41 Å². The molecule has 0 spiro atoms. The lowest BCUT2D eigenvalue weighted by molar-refractivity contribution is 0.191. The number of methoxy groups -OCH3 is 1. The number of nitrogens with two attached hydrogens (primary N) is 1. The molecular formula is C19H21ClN6O3. The number of carboxylic acid groups (broad SMARTS) is 1. The number of amides is 1.